The highest BCUT2D eigenvalue weighted by Crippen LogP contribution is 2.24. The van der Waals surface area contributed by atoms with Crippen molar-refractivity contribution in [1.29, 1.82) is 0 Å². The number of aromatic nitrogens is 5. The lowest BCUT2D eigenvalue weighted by atomic mass is 10.2. The van der Waals surface area contributed by atoms with Crippen molar-refractivity contribution in [2.24, 2.45) is 5.92 Å². The molecule has 0 radical (unpaired) electrons. The van der Waals surface area contributed by atoms with E-state index in [-0.39, 0.29) is 5.91 Å². The van der Waals surface area contributed by atoms with Gasteiger partial charge < -0.3 is 15.6 Å². The number of rotatable bonds is 9. The molecule has 0 unspecified atom stereocenters. The molecule has 0 atom stereocenters. The van der Waals surface area contributed by atoms with Crippen molar-refractivity contribution in [2.75, 3.05) is 24.2 Å². The van der Waals surface area contributed by atoms with Crippen LogP contribution in [0, 0.1) is 5.92 Å². The Morgan fingerprint density at radius 2 is 2.10 bits per heavy atom. The monoisotopic (exact) mass is 437 g/mol. The summed E-state index contributed by atoms with van der Waals surface area (Å²) < 4.78 is 1.82. The summed E-state index contributed by atoms with van der Waals surface area (Å²) in [4.78, 5) is 25.0. The van der Waals surface area contributed by atoms with Gasteiger partial charge in [0.05, 0.1) is 18.1 Å². The normalized spacial score (nSPS) is 11.5. The first-order valence-corrected chi connectivity index (χ1v) is 11.5. The number of benzene rings is 1. The Morgan fingerprint density at radius 1 is 1.26 bits per heavy atom. The Hall–Kier alpha value is -3.07. The molecule has 0 saturated carbocycles. The van der Waals surface area contributed by atoms with Crippen LogP contribution in [-0.4, -0.2) is 49.5 Å². The van der Waals surface area contributed by atoms with Gasteiger partial charge in [0.25, 0.3) is 5.91 Å². The molecule has 0 aliphatic heterocycles. The average Bonchev–Trinajstić information content (AvgIpc) is 3.36. The van der Waals surface area contributed by atoms with Crippen LogP contribution in [0.1, 0.15) is 31.3 Å². The average molecular weight is 438 g/mol. The first-order chi connectivity index (χ1) is 15.0. The van der Waals surface area contributed by atoms with Crippen LogP contribution in [0.25, 0.3) is 21.9 Å². The molecular weight excluding hydrogens is 410 g/mol. The highest BCUT2D eigenvalue weighted by Gasteiger charge is 2.14. The van der Waals surface area contributed by atoms with E-state index in [1.807, 2.05) is 35.0 Å². The maximum atomic E-state index is 12.5. The van der Waals surface area contributed by atoms with Crippen LogP contribution < -0.4 is 10.6 Å². The number of nitrogens with zero attached hydrogens (tertiary/aromatic N) is 4. The number of carbonyl (C=O) groups excluding carboxylic acids is 1. The van der Waals surface area contributed by atoms with Gasteiger partial charge in [-0.25, -0.2) is 14.6 Å². The van der Waals surface area contributed by atoms with Gasteiger partial charge in [-0.05, 0) is 23.8 Å². The topological polar surface area (TPSA) is 101 Å². The van der Waals surface area contributed by atoms with Crippen molar-refractivity contribution in [3.63, 3.8) is 0 Å². The van der Waals surface area contributed by atoms with E-state index in [1.165, 1.54) is 0 Å². The van der Waals surface area contributed by atoms with E-state index >= 15 is 0 Å². The minimum atomic E-state index is -0.135. The number of nitrogens with one attached hydrogen (secondary N) is 3. The molecule has 0 saturated heterocycles. The van der Waals surface area contributed by atoms with Gasteiger partial charge in [0.2, 0.25) is 0 Å². The molecule has 0 bridgehead atoms. The number of hydrogen-bond acceptors (Lipinski definition) is 6. The molecule has 0 aliphatic rings. The fourth-order valence-electron chi connectivity index (χ4n) is 3.29. The number of aromatic amines is 1. The third-order valence-electron chi connectivity index (χ3n) is 4.81. The van der Waals surface area contributed by atoms with Crippen LogP contribution in [0.2, 0.25) is 0 Å². The number of thioether (sulfide) groups is 1. The smallest absolute Gasteiger partial charge is 0.267 e. The summed E-state index contributed by atoms with van der Waals surface area (Å²) in [7, 11) is 0. The van der Waals surface area contributed by atoms with Crippen LogP contribution in [0.15, 0.2) is 41.7 Å². The summed E-state index contributed by atoms with van der Waals surface area (Å²) in [6.07, 6.45) is 1.79. The second-order valence-electron chi connectivity index (χ2n) is 7.69. The molecule has 1 aromatic carbocycles. The SMILES string of the molecule is CCSc1nc(NCC(C)C)c2cnn(CCNC(=O)c3cc4ccccc4[nH]3)c2n1. The minimum Gasteiger partial charge on any atom is -0.369 e. The predicted molar refractivity (Wildman–Crippen MR) is 126 cm³/mol. The summed E-state index contributed by atoms with van der Waals surface area (Å²) in [5, 5.41) is 13.5. The predicted octanol–water partition coefficient (Wildman–Crippen LogP) is 3.92. The minimum absolute atomic E-state index is 0.135. The summed E-state index contributed by atoms with van der Waals surface area (Å²) in [6, 6.07) is 9.70. The largest absolute Gasteiger partial charge is 0.369 e. The Bertz CT molecular complexity index is 1160. The fourth-order valence-corrected chi connectivity index (χ4v) is 3.86. The number of para-hydroxylation sites is 1. The first kappa shape index (κ1) is 21.2. The van der Waals surface area contributed by atoms with E-state index in [4.69, 9.17) is 4.98 Å². The van der Waals surface area contributed by atoms with Crippen molar-refractivity contribution >= 4 is 45.4 Å². The molecule has 8 nitrogen and oxygen atoms in total. The first-order valence-electron chi connectivity index (χ1n) is 10.5. The Kier molecular flexibility index (Phi) is 6.41. The second-order valence-corrected chi connectivity index (χ2v) is 8.92. The highest BCUT2D eigenvalue weighted by molar-refractivity contribution is 7.99. The molecular formula is C22H27N7OS. The lowest BCUT2D eigenvalue weighted by Gasteiger charge is -2.11. The maximum Gasteiger partial charge on any atom is 0.267 e. The Balaban J connectivity index is 1.48. The number of fused-ring (bicyclic) bond motifs is 2. The Labute approximate surface area is 185 Å². The van der Waals surface area contributed by atoms with E-state index in [9.17, 15) is 4.79 Å². The quantitative estimate of drug-likeness (QED) is 0.271. The molecule has 4 aromatic rings. The molecule has 0 aliphatic carbocycles. The van der Waals surface area contributed by atoms with Gasteiger partial charge in [0.15, 0.2) is 10.8 Å². The molecule has 1 amide bonds. The number of carbonyl (C=O) groups is 1. The maximum absolute atomic E-state index is 12.5. The van der Waals surface area contributed by atoms with Gasteiger partial charge in [-0.3, -0.25) is 4.79 Å². The van der Waals surface area contributed by atoms with Crippen molar-refractivity contribution in [2.45, 2.75) is 32.5 Å². The zero-order chi connectivity index (χ0) is 21.8. The summed E-state index contributed by atoms with van der Waals surface area (Å²) >= 11 is 1.60. The fraction of sp³-hybridized carbons (Fsp3) is 0.364. The molecule has 3 aromatic heterocycles. The zero-order valence-corrected chi connectivity index (χ0v) is 18.8. The second kappa shape index (κ2) is 9.38. The van der Waals surface area contributed by atoms with Gasteiger partial charge in [0.1, 0.15) is 11.5 Å². The molecule has 3 N–H and O–H groups in total. The van der Waals surface area contributed by atoms with Gasteiger partial charge in [0, 0.05) is 24.0 Å². The van der Waals surface area contributed by atoms with Gasteiger partial charge in [-0.15, -0.1) is 0 Å². The van der Waals surface area contributed by atoms with E-state index in [2.05, 4.69) is 46.5 Å². The molecule has 9 heteroatoms. The van der Waals surface area contributed by atoms with Crippen molar-refractivity contribution in [3.8, 4) is 0 Å². The van der Waals surface area contributed by atoms with Crippen LogP contribution in [-0.2, 0) is 6.54 Å². The van der Waals surface area contributed by atoms with Crippen molar-refractivity contribution in [3.05, 3.63) is 42.2 Å². The van der Waals surface area contributed by atoms with Crippen LogP contribution in [0.3, 0.4) is 0 Å². The lowest BCUT2D eigenvalue weighted by molar-refractivity contribution is 0.0948. The summed E-state index contributed by atoms with van der Waals surface area (Å²) in [6.45, 7) is 8.19. The summed E-state index contributed by atoms with van der Waals surface area (Å²) in [5.74, 6) is 2.07. The zero-order valence-electron chi connectivity index (χ0n) is 18.0. The third-order valence-corrected chi connectivity index (χ3v) is 5.54. The van der Waals surface area contributed by atoms with E-state index < -0.39 is 0 Å². The van der Waals surface area contributed by atoms with Gasteiger partial charge in [-0.2, -0.15) is 5.10 Å². The number of H-pyrrole nitrogens is 1. The highest BCUT2D eigenvalue weighted by atomic mass is 32.2. The number of hydrogen-bond donors (Lipinski definition) is 3. The number of anilines is 1. The molecule has 0 fully saturated rings. The summed E-state index contributed by atoms with van der Waals surface area (Å²) in [5.41, 5.74) is 2.28. The molecule has 3 heterocycles. The van der Waals surface area contributed by atoms with Crippen molar-refractivity contribution < 1.29 is 4.79 Å². The lowest BCUT2D eigenvalue weighted by Crippen LogP contribution is -2.27. The van der Waals surface area contributed by atoms with Crippen LogP contribution in [0.4, 0.5) is 5.82 Å². The third kappa shape index (κ3) is 4.82. The van der Waals surface area contributed by atoms with E-state index in [0.29, 0.717) is 24.7 Å². The van der Waals surface area contributed by atoms with Crippen LogP contribution in [0.5, 0.6) is 0 Å². The van der Waals surface area contributed by atoms with Gasteiger partial charge >= 0.3 is 0 Å². The molecule has 4 rings (SSSR count). The molecule has 162 valence electrons. The standard InChI is InChI=1S/C22H27N7OS/c1-4-31-22-27-19(24-12-14(2)3)16-13-25-29(20(16)28-22)10-9-23-21(30)18-11-15-7-5-6-8-17(15)26-18/h5-8,11,13-14,26H,4,9-10,12H2,1-3H3,(H,23,30)(H,24,27,28). The van der Waals surface area contributed by atoms with Crippen LogP contribution >= 0.6 is 11.8 Å². The molecule has 0 spiro atoms. The van der Waals surface area contributed by atoms with Gasteiger partial charge in [-0.1, -0.05) is 50.7 Å². The van der Waals surface area contributed by atoms with E-state index in [1.54, 1.807) is 18.0 Å². The van der Waals surface area contributed by atoms with Crippen molar-refractivity contribution in [1.82, 2.24) is 30.0 Å². The number of amides is 1. The Morgan fingerprint density at radius 3 is 2.87 bits per heavy atom. The van der Waals surface area contributed by atoms with E-state index in [0.717, 1.165) is 45.2 Å². The molecule has 31 heavy (non-hydrogen) atoms.